The summed E-state index contributed by atoms with van der Waals surface area (Å²) in [6.45, 7) is 7.70. The number of ether oxygens (including phenoxy) is 2. The molecule has 0 radical (unpaired) electrons. The van der Waals surface area contributed by atoms with Crippen molar-refractivity contribution in [3.05, 3.63) is 59.1 Å². The van der Waals surface area contributed by atoms with Crippen molar-refractivity contribution in [1.29, 1.82) is 0 Å². The van der Waals surface area contributed by atoms with Gasteiger partial charge in [0.15, 0.2) is 17.1 Å². The molecule has 0 saturated carbocycles. The Bertz CT molecular complexity index is 1110. The molecule has 0 saturated heterocycles. The van der Waals surface area contributed by atoms with Gasteiger partial charge in [-0.05, 0) is 70.2 Å². The van der Waals surface area contributed by atoms with Gasteiger partial charge in [-0.2, -0.15) is 0 Å². The summed E-state index contributed by atoms with van der Waals surface area (Å²) in [4.78, 5) is 12.7. The fourth-order valence-corrected chi connectivity index (χ4v) is 4.24. The summed E-state index contributed by atoms with van der Waals surface area (Å²) in [6.07, 6.45) is -0.367. The molecule has 3 rings (SSSR count). The minimum atomic E-state index is -0.541. The second kappa shape index (κ2) is 10.9. The molecular weight excluding hydrogens is 467 g/mol. The second-order valence-corrected chi connectivity index (χ2v) is 9.33. The van der Waals surface area contributed by atoms with Crippen molar-refractivity contribution in [1.82, 2.24) is 14.8 Å². The predicted octanol–water partition coefficient (Wildman–Crippen LogP) is 5.92. The molecule has 1 N–H and O–H groups in total. The van der Waals surface area contributed by atoms with Crippen LogP contribution in [0.5, 0.6) is 11.5 Å². The Morgan fingerprint density at radius 3 is 2.36 bits per heavy atom. The number of benzene rings is 2. The van der Waals surface area contributed by atoms with Crippen LogP contribution in [-0.2, 0) is 4.79 Å². The first kappa shape index (κ1) is 24.9. The number of nitrogens with zero attached hydrogens (tertiary/aromatic N) is 3. The first-order valence-corrected chi connectivity index (χ1v) is 11.6. The average Bonchev–Trinajstić information content (AvgIpc) is 3.20. The lowest BCUT2D eigenvalue weighted by atomic mass is 10.3. The van der Waals surface area contributed by atoms with Crippen LogP contribution in [0.2, 0.25) is 5.02 Å². The molecule has 0 spiro atoms. The molecule has 2 unspecified atom stereocenters. The zero-order chi connectivity index (χ0) is 24.1. The third kappa shape index (κ3) is 6.17. The molecule has 10 heteroatoms. The van der Waals surface area contributed by atoms with E-state index in [0.29, 0.717) is 22.4 Å². The first-order valence-electron chi connectivity index (χ1n) is 10.4. The van der Waals surface area contributed by atoms with Gasteiger partial charge in [0.1, 0.15) is 17.3 Å². The van der Waals surface area contributed by atoms with E-state index in [1.165, 1.54) is 30.0 Å². The highest BCUT2D eigenvalue weighted by Gasteiger charge is 2.25. The van der Waals surface area contributed by atoms with Gasteiger partial charge in [0, 0.05) is 11.7 Å². The van der Waals surface area contributed by atoms with Crippen molar-refractivity contribution < 1.29 is 18.7 Å². The second-order valence-electron chi connectivity index (χ2n) is 7.62. The zero-order valence-electron chi connectivity index (χ0n) is 19.0. The molecule has 3 aromatic rings. The number of amides is 1. The molecule has 2 atom stereocenters. The van der Waals surface area contributed by atoms with Gasteiger partial charge in [0.2, 0.25) is 5.91 Å². The molecule has 33 heavy (non-hydrogen) atoms. The van der Waals surface area contributed by atoms with Crippen LogP contribution < -0.4 is 14.8 Å². The molecule has 0 aliphatic carbocycles. The molecule has 1 heterocycles. The number of halogens is 2. The van der Waals surface area contributed by atoms with Gasteiger partial charge in [-0.15, -0.1) is 10.2 Å². The number of anilines is 1. The van der Waals surface area contributed by atoms with Crippen LogP contribution in [0.3, 0.4) is 0 Å². The Balaban J connectivity index is 1.72. The molecule has 0 aliphatic rings. The number of hydrogen-bond acceptors (Lipinski definition) is 6. The maximum Gasteiger partial charge on any atom is 0.237 e. The lowest BCUT2D eigenvalue weighted by Gasteiger charge is -2.20. The van der Waals surface area contributed by atoms with E-state index in [1.54, 1.807) is 14.0 Å². The van der Waals surface area contributed by atoms with E-state index in [-0.39, 0.29) is 23.1 Å². The molecule has 7 nitrogen and oxygen atoms in total. The summed E-state index contributed by atoms with van der Waals surface area (Å²) < 4.78 is 26.5. The van der Waals surface area contributed by atoms with Crippen LogP contribution in [0, 0.1) is 5.82 Å². The summed E-state index contributed by atoms with van der Waals surface area (Å²) in [5.74, 6) is 1.28. The largest absolute Gasteiger partial charge is 0.497 e. The van der Waals surface area contributed by atoms with Gasteiger partial charge in [0.25, 0.3) is 0 Å². The summed E-state index contributed by atoms with van der Waals surface area (Å²) >= 11 is 7.08. The van der Waals surface area contributed by atoms with E-state index in [2.05, 4.69) is 15.5 Å². The van der Waals surface area contributed by atoms with Crippen LogP contribution in [0.1, 0.15) is 45.7 Å². The number of methoxy groups -OCH3 is 1. The fraction of sp³-hybridized carbons (Fsp3) is 0.348. The van der Waals surface area contributed by atoms with Crippen LogP contribution >= 0.6 is 23.4 Å². The number of nitrogens with one attached hydrogen (secondary N) is 1. The standard InChI is InChI=1S/C23H26ClFN4O3S/c1-13(2)29-21(14(3)32-18-9-7-17(31-5)8-10-18)27-28-23(29)33-15(4)22(30)26-16-6-11-20(25)19(24)12-16/h6-15H,1-5H3,(H,26,30). The van der Waals surface area contributed by atoms with E-state index >= 15 is 0 Å². The minimum absolute atomic E-state index is 0.0468. The van der Waals surface area contributed by atoms with Gasteiger partial charge in [0.05, 0.1) is 17.4 Å². The Hall–Kier alpha value is -2.78. The van der Waals surface area contributed by atoms with Gasteiger partial charge in [-0.1, -0.05) is 23.4 Å². The highest BCUT2D eigenvalue weighted by Crippen LogP contribution is 2.30. The van der Waals surface area contributed by atoms with Crippen molar-refractivity contribution in [3.8, 4) is 11.5 Å². The number of hydrogen-bond donors (Lipinski definition) is 1. The van der Waals surface area contributed by atoms with E-state index in [0.717, 1.165) is 5.75 Å². The number of thioether (sulfide) groups is 1. The van der Waals surface area contributed by atoms with E-state index in [9.17, 15) is 9.18 Å². The Labute approximate surface area is 201 Å². The smallest absolute Gasteiger partial charge is 0.237 e. The summed E-state index contributed by atoms with van der Waals surface area (Å²) in [6, 6.07) is 11.4. The predicted molar refractivity (Wildman–Crippen MR) is 128 cm³/mol. The van der Waals surface area contributed by atoms with Gasteiger partial charge in [-0.3, -0.25) is 4.79 Å². The maximum absolute atomic E-state index is 13.4. The monoisotopic (exact) mass is 492 g/mol. The molecule has 176 valence electrons. The highest BCUT2D eigenvalue weighted by molar-refractivity contribution is 8.00. The summed E-state index contributed by atoms with van der Waals surface area (Å²) in [5, 5.41) is 11.5. The SMILES string of the molecule is COc1ccc(OC(C)c2nnc(SC(C)C(=O)Nc3ccc(F)c(Cl)c3)n2C(C)C)cc1. The minimum Gasteiger partial charge on any atom is -0.497 e. The first-order chi connectivity index (χ1) is 15.7. The fourth-order valence-electron chi connectivity index (χ4n) is 3.07. The van der Waals surface area contributed by atoms with E-state index in [1.807, 2.05) is 49.6 Å². The third-order valence-corrected chi connectivity index (χ3v) is 6.13. The van der Waals surface area contributed by atoms with E-state index < -0.39 is 11.1 Å². The zero-order valence-corrected chi connectivity index (χ0v) is 20.6. The number of aromatic nitrogens is 3. The Morgan fingerprint density at radius 2 is 1.76 bits per heavy atom. The molecule has 0 aliphatic heterocycles. The highest BCUT2D eigenvalue weighted by atomic mass is 35.5. The van der Waals surface area contributed by atoms with E-state index in [4.69, 9.17) is 21.1 Å². The maximum atomic E-state index is 13.4. The number of carbonyl (C=O) groups is 1. The number of rotatable bonds is 9. The molecule has 1 amide bonds. The molecule has 0 bridgehead atoms. The van der Waals surface area contributed by atoms with Crippen molar-refractivity contribution >= 4 is 35.0 Å². The van der Waals surface area contributed by atoms with Gasteiger partial charge >= 0.3 is 0 Å². The topological polar surface area (TPSA) is 78.3 Å². The molecule has 0 fully saturated rings. The average molecular weight is 493 g/mol. The van der Waals surface area contributed by atoms with Gasteiger partial charge < -0.3 is 19.4 Å². The Morgan fingerprint density at radius 1 is 1.09 bits per heavy atom. The normalized spacial score (nSPS) is 13.0. The van der Waals surface area contributed by atoms with Crippen molar-refractivity contribution in [2.24, 2.45) is 0 Å². The van der Waals surface area contributed by atoms with Gasteiger partial charge in [-0.25, -0.2) is 4.39 Å². The lowest BCUT2D eigenvalue weighted by Crippen LogP contribution is -2.23. The Kier molecular flexibility index (Phi) is 8.20. The lowest BCUT2D eigenvalue weighted by molar-refractivity contribution is -0.115. The summed E-state index contributed by atoms with van der Waals surface area (Å²) in [5.41, 5.74) is 0.423. The molecule has 2 aromatic carbocycles. The van der Waals surface area contributed by atoms with Crippen molar-refractivity contribution in [2.45, 2.75) is 50.2 Å². The van der Waals surface area contributed by atoms with Crippen molar-refractivity contribution in [3.63, 3.8) is 0 Å². The van der Waals surface area contributed by atoms with Crippen LogP contribution in [0.15, 0.2) is 47.6 Å². The van der Waals surface area contributed by atoms with Crippen molar-refractivity contribution in [2.75, 3.05) is 12.4 Å². The van der Waals surface area contributed by atoms with Crippen LogP contribution in [0.25, 0.3) is 0 Å². The van der Waals surface area contributed by atoms with Crippen LogP contribution in [0.4, 0.5) is 10.1 Å². The number of carbonyl (C=O) groups excluding carboxylic acids is 1. The summed E-state index contributed by atoms with van der Waals surface area (Å²) in [7, 11) is 1.61. The third-order valence-electron chi connectivity index (χ3n) is 4.78. The molecule has 1 aromatic heterocycles. The quantitative estimate of drug-likeness (QED) is 0.373. The van der Waals surface area contributed by atoms with Crippen LogP contribution in [-0.4, -0.2) is 33.0 Å². The molecular formula is C23H26ClFN4O3S.